The van der Waals surface area contributed by atoms with E-state index in [0.717, 1.165) is 18.7 Å². The highest BCUT2D eigenvalue weighted by molar-refractivity contribution is 6.30. The molecule has 0 aromatic heterocycles. The van der Waals surface area contributed by atoms with E-state index in [9.17, 15) is 4.79 Å². The molecule has 1 aliphatic heterocycles. The number of benzene rings is 1. The minimum Gasteiger partial charge on any atom is -0.369 e. The van der Waals surface area contributed by atoms with Crippen LogP contribution in [0, 0.1) is 0 Å². The first-order valence-corrected chi connectivity index (χ1v) is 7.36. The SMILES string of the molecule is C[C@@H]1CN(C[C@H](C(N)=O)c2ccc(Cl)cc2)C[C@H](C)N1. The van der Waals surface area contributed by atoms with E-state index in [2.05, 4.69) is 24.1 Å². The molecule has 1 fully saturated rings. The van der Waals surface area contributed by atoms with Gasteiger partial charge in [-0.15, -0.1) is 0 Å². The summed E-state index contributed by atoms with van der Waals surface area (Å²) in [5.74, 6) is -0.573. The van der Waals surface area contributed by atoms with Crippen LogP contribution in [0.15, 0.2) is 24.3 Å². The highest BCUT2D eigenvalue weighted by Crippen LogP contribution is 2.20. The Morgan fingerprint density at radius 1 is 1.35 bits per heavy atom. The second-order valence-electron chi connectivity index (χ2n) is 5.69. The minimum atomic E-state index is -0.287. The van der Waals surface area contributed by atoms with Gasteiger partial charge in [-0.1, -0.05) is 23.7 Å². The van der Waals surface area contributed by atoms with Crippen LogP contribution >= 0.6 is 11.6 Å². The number of carbonyl (C=O) groups is 1. The molecule has 0 aliphatic carbocycles. The number of carbonyl (C=O) groups excluding carboxylic acids is 1. The Balaban J connectivity index is 2.09. The smallest absolute Gasteiger partial charge is 0.226 e. The van der Waals surface area contributed by atoms with Crippen molar-refractivity contribution in [3.05, 3.63) is 34.9 Å². The summed E-state index contributed by atoms with van der Waals surface area (Å²) < 4.78 is 0. The molecule has 1 amide bonds. The maximum atomic E-state index is 11.8. The molecule has 0 radical (unpaired) electrons. The van der Waals surface area contributed by atoms with Crippen LogP contribution in [0.25, 0.3) is 0 Å². The van der Waals surface area contributed by atoms with Gasteiger partial charge in [-0.3, -0.25) is 9.69 Å². The van der Waals surface area contributed by atoms with E-state index < -0.39 is 0 Å². The van der Waals surface area contributed by atoms with Crippen LogP contribution in [0.5, 0.6) is 0 Å². The molecule has 0 spiro atoms. The zero-order valence-corrected chi connectivity index (χ0v) is 12.7. The van der Waals surface area contributed by atoms with Crippen LogP contribution in [0.1, 0.15) is 25.3 Å². The lowest BCUT2D eigenvalue weighted by atomic mass is 9.97. The third kappa shape index (κ3) is 3.95. The lowest BCUT2D eigenvalue weighted by molar-refractivity contribution is -0.120. The van der Waals surface area contributed by atoms with E-state index in [1.54, 1.807) is 12.1 Å². The molecule has 0 unspecified atom stereocenters. The number of rotatable bonds is 4. The highest BCUT2D eigenvalue weighted by Gasteiger charge is 2.26. The summed E-state index contributed by atoms with van der Waals surface area (Å²) in [6.07, 6.45) is 0. The quantitative estimate of drug-likeness (QED) is 0.887. The maximum Gasteiger partial charge on any atom is 0.226 e. The van der Waals surface area contributed by atoms with Gasteiger partial charge in [0.1, 0.15) is 0 Å². The van der Waals surface area contributed by atoms with E-state index in [1.807, 2.05) is 12.1 Å². The Hall–Kier alpha value is -1.10. The molecule has 1 saturated heterocycles. The van der Waals surface area contributed by atoms with Gasteiger partial charge in [-0.25, -0.2) is 0 Å². The number of halogens is 1. The zero-order valence-electron chi connectivity index (χ0n) is 12.0. The molecule has 0 saturated carbocycles. The number of nitrogens with two attached hydrogens (primary N) is 1. The first-order valence-electron chi connectivity index (χ1n) is 6.99. The fourth-order valence-electron chi connectivity index (χ4n) is 2.90. The molecule has 110 valence electrons. The van der Waals surface area contributed by atoms with Gasteiger partial charge in [0.15, 0.2) is 0 Å². The molecule has 0 bridgehead atoms. The predicted octanol–water partition coefficient (Wildman–Crippen LogP) is 1.59. The number of piperazine rings is 1. The largest absolute Gasteiger partial charge is 0.369 e. The van der Waals surface area contributed by atoms with Gasteiger partial charge >= 0.3 is 0 Å². The second-order valence-corrected chi connectivity index (χ2v) is 6.13. The third-order valence-corrected chi connectivity index (χ3v) is 3.94. The van der Waals surface area contributed by atoms with Crippen molar-refractivity contribution < 1.29 is 4.79 Å². The normalized spacial score (nSPS) is 25.4. The Labute approximate surface area is 125 Å². The van der Waals surface area contributed by atoms with Gasteiger partial charge in [0, 0.05) is 36.7 Å². The van der Waals surface area contributed by atoms with Crippen LogP contribution in [0.3, 0.4) is 0 Å². The van der Waals surface area contributed by atoms with Gasteiger partial charge in [0.25, 0.3) is 0 Å². The maximum absolute atomic E-state index is 11.8. The lowest BCUT2D eigenvalue weighted by Gasteiger charge is -2.37. The van der Waals surface area contributed by atoms with E-state index in [0.29, 0.717) is 23.7 Å². The van der Waals surface area contributed by atoms with E-state index in [4.69, 9.17) is 17.3 Å². The Bertz CT molecular complexity index is 453. The van der Waals surface area contributed by atoms with Crippen molar-refractivity contribution in [3.63, 3.8) is 0 Å². The van der Waals surface area contributed by atoms with Crippen LogP contribution in [-0.2, 0) is 4.79 Å². The molecule has 5 heteroatoms. The average Bonchev–Trinajstić information content (AvgIpc) is 2.36. The van der Waals surface area contributed by atoms with Crippen LogP contribution < -0.4 is 11.1 Å². The van der Waals surface area contributed by atoms with Crippen molar-refractivity contribution in [3.8, 4) is 0 Å². The molecule has 3 atom stereocenters. The van der Waals surface area contributed by atoms with Gasteiger partial charge in [-0.2, -0.15) is 0 Å². The average molecular weight is 296 g/mol. The Morgan fingerprint density at radius 2 is 1.90 bits per heavy atom. The molecule has 1 aromatic rings. The lowest BCUT2D eigenvalue weighted by Crippen LogP contribution is -2.55. The van der Waals surface area contributed by atoms with Crippen LogP contribution in [0.2, 0.25) is 5.02 Å². The number of nitrogens with one attached hydrogen (secondary N) is 1. The Kier molecular flexibility index (Phi) is 5.02. The molecular weight excluding hydrogens is 274 g/mol. The summed E-state index contributed by atoms with van der Waals surface area (Å²) in [4.78, 5) is 14.1. The van der Waals surface area contributed by atoms with Gasteiger partial charge < -0.3 is 11.1 Å². The van der Waals surface area contributed by atoms with Crippen molar-refractivity contribution in [2.24, 2.45) is 5.73 Å². The first-order chi connectivity index (χ1) is 9.45. The van der Waals surface area contributed by atoms with Crippen molar-refractivity contribution in [2.45, 2.75) is 31.8 Å². The van der Waals surface area contributed by atoms with Gasteiger partial charge in [-0.05, 0) is 31.5 Å². The summed E-state index contributed by atoms with van der Waals surface area (Å²) in [7, 11) is 0. The van der Waals surface area contributed by atoms with Crippen molar-refractivity contribution >= 4 is 17.5 Å². The zero-order chi connectivity index (χ0) is 14.7. The highest BCUT2D eigenvalue weighted by atomic mass is 35.5. The second kappa shape index (κ2) is 6.57. The number of hydrogen-bond acceptors (Lipinski definition) is 3. The van der Waals surface area contributed by atoms with E-state index in [-0.39, 0.29) is 11.8 Å². The number of primary amides is 1. The van der Waals surface area contributed by atoms with E-state index >= 15 is 0 Å². The molecule has 20 heavy (non-hydrogen) atoms. The monoisotopic (exact) mass is 295 g/mol. The van der Waals surface area contributed by atoms with Crippen molar-refractivity contribution in [1.82, 2.24) is 10.2 Å². The molecule has 2 rings (SSSR count). The number of nitrogens with zero attached hydrogens (tertiary/aromatic N) is 1. The topological polar surface area (TPSA) is 58.4 Å². The molecule has 3 N–H and O–H groups in total. The number of hydrogen-bond donors (Lipinski definition) is 2. The summed E-state index contributed by atoms with van der Waals surface area (Å²) in [6.45, 7) is 6.84. The molecule has 1 aliphatic rings. The van der Waals surface area contributed by atoms with Gasteiger partial charge in [0.2, 0.25) is 5.91 Å². The summed E-state index contributed by atoms with van der Waals surface area (Å²) >= 11 is 5.89. The molecule has 1 heterocycles. The van der Waals surface area contributed by atoms with Crippen molar-refractivity contribution in [1.29, 1.82) is 0 Å². The molecular formula is C15H22ClN3O. The number of amides is 1. The fourth-order valence-corrected chi connectivity index (χ4v) is 3.03. The predicted molar refractivity (Wildman–Crippen MR) is 81.9 cm³/mol. The molecule has 4 nitrogen and oxygen atoms in total. The standard InChI is InChI=1S/C15H22ClN3O/c1-10-7-19(8-11(2)18-10)9-14(15(17)20)12-3-5-13(16)6-4-12/h3-6,10-11,14,18H,7-9H2,1-2H3,(H2,17,20)/t10-,11+,14-/m0/s1. The van der Waals surface area contributed by atoms with Gasteiger partial charge in [0.05, 0.1) is 5.92 Å². The minimum absolute atomic E-state index is 0.286. The fraction of sp³-hybridized carbons (Fsp3) is 0.533. The summed E-state index contributed by atoms with van der Waals surface area (Å²) in [5.41, 5.74) is 6.51. The Morgan fingerprint density at radius 3 is 2.40 bits per heavy atom. The van der Waals surface area contributed by atoms with E-state index in [1.165, 1.54) is 0 Å². The first kappa shape index (κ1) is 15.3. The summed E-state index contributed by atoms with van der Waals surface area (Å²) in [6, 6.07) is 8.22. The summed E-state index contributed by atoms with van der Waals surface area (Å²) in [5, 5.41) is 4.15. The molecule has 1 aromatic carbocycles. The third-order valence-electron chi connectivity index (χ3n) is 3.69. The van der Waals surface area contributed by atoms with Crippen LogP contribution in [0.4, 0.5) is 0 Å². The van der Waals surface area contributed by atoms with Crippen molar-refractivity contribution in [2.75, 3.05) is 19.6 Å². The van der Waals surface area contributed by atoms with Crippen LogP contribution in [-0.4, -0.2) is 42.5 Å².